The van der Waals surface area contributed by atoms with Crippen molar-refractivity contribution in [2.24, 2.45) is 0 Å². The van der Waals surface area contributed by atoms with E-state index in [9.17, 15) is 0 Å². The van der Waals surface area contributed by atoms with E-state index in [0.29, 0.717) is 6.04 Å². The van der Waals surface area contributed by atoms with Crippen molar-refractivity contribution in [2.75, 3.05) is 38.2 Å². The van der Waals surface area contributed by atoms with Gasteiger partial charge in [0.05, 0.1) is 12.7 Å². The van der Waals surface area contributed by atoms with Crippen molar-refractivity contribution in [3.05, 3.63) is 62.5 Å². The first-order valence-corrected chi connectivity index (χ1v) is 11.8. The topological polar surface area (TPSA) is 15.7 Å². The molecule has 0 spiro atoms. The molecule has 2 heterocycles. The van der Waals surface area contributed by atoms with Gasteiger partial charge in [-0.1, -0.05) is 37.9 Å². The van der Waals surface area contributed by atoms with Crippen molar-refractivity contribution in [3.8, 4) is 0 Å². The zero-order valence-electron chi connectivity index (χ0n) is 17.2. The maximum Gasteiger partial charge on any atom is 0.0839 e. The first-order valence-electron chi connectivity index (χ1n) is 10.2. The van der Waals surface area contributed by atoms with Crippen molar-refractivity contribution in [3.63, 3.8) is 0 Å². The molecule has 0 unspecified atom stereocenters. The molecule has 0 bridgehead atoms. The van der Waals surface area contributed by atoms with Crippen molar-refractivity contribution in [2.45, 2.75) is 37.8 Å². The molecule has 2 aliphatic heterocycles. The van der Waals surface area contributed by atoms with Gasteiger partial charge in [-0.05, 0) is 80.3 Å². The van der Waals surface area contributed by atoms with E-state index >= 15 is 0 Å². The number of ether oxygens (including phenoxy) is 1. The van der Waals surface area contributed by atoms with Gasteiger partial charge in [0.25, 0.3) is 0 Å². The molecule has 166 valence electrons. The average molecular weight is 581 g/mol. The fraction of sp³-hybridized carbons (Fsp3) is 0.478. The first kappa shape index (κ1) is 26.0. The summed E-state index contributed by atoms with van der Waals surface area (Å²) in [4.78, 5) is 5.06. The number of anilines is 1. The van der Waals surface area contributed by atoms with E-state index < -0.39 is 0 Å². The summed E-state index contributed by atoms with van der Waals surface area (Å²) in [7, 11) is 2.28. The lowest BCUT2D eigenvalue weighted by Crippen LogP contribution is -2.44. The number of rotatable bonds is 5. The third kappa shape index (κ3) is 6.36. The lowest BCUT2D eigenvalue weighted by molar-refractivity contribution is 0.0273. The Hall–Kier alpha value is -0.300. The molecule has 0 radical (unpaired) electrons. The van der Waals surface area contributed by atoms with Crippen LogP contribution in [0.25, 0.3) is 0 Å². The van der Waals surface area contributed by atoms with Crippen LogP contribution in [0.15, 0.2) is 51.4 Å². The Labute approximate surface area is 209 Å². The van der Waals surface area contributed by atoms with Gasteiger partial charge in [0.1, 0.15) is 0 Å². The van der Waals surface area contributed by atoms with Crippen LogP contribution in [0.2, 0.25) is 0 Å². The van der Waals surface area contributed by atoms with E-state index in [2.05, 4.69) is 91.2 Å². The fourth-order valence-corrected chi connectivity index (χ4v) is 5.14. The molecule has 7 heteroatoms. The van der Waals surface area contributed by atoms with E-state index in [-0.39, 0.29) is 30.9 Å². The molecule has 4 rings (SSSR count). The third-order valence-electron chi connectivity index (χ3n) is 6.17. The number of hydrogen-bond donors (Lipinski definition) is 0. The predicted octanol–water partition coefficient (Wildman–Crippen LogP) is 6.66. The Bertz CT molecular complexity index is 798. The molecule has 1 saturated heterocycles. The molecular formula is C23H30Br2Cl2N2O. The Morgan fingerprint density at radius 3 is 2.37 bits per heavy atom. The summed E-state index contributed by atoms with van der Waals surface area (Å²) in [6.07, 6.45) is 4.78. The van der Waals surface area contributed by atoms with Gasteiger partial charge in [0, 0.05) is 40.3 Å². The molecule has 3 nitrogen and oxygen atoms in total. The number of nitrogens with zero attached hydrogens (tertiary/aromatic N) is 2. The third-order valence-corrected chi connectivity index (χ3v) is 7.19. The minimum atomic E-state index is 0. The maximum atomic E-state index is 6.11. The largest absolute Gasteiger partial charge is 0.373 e. The predicted molar refractivity (Wildman–Crippen MR) is 138 cm³/mol. The zero-order chi connectivity index (χ0) is 19.5. The summed E-state index contributed by atoms with van der Waals surface area (Å²) in [6, 6.07) is 16.0. The van der Waals surface area contributed by atoms with E-state index in [0.717, 1.165) is 43.6 Å². The van der Waals surface area contributed by atoms with Crippen LogP contribution in [-0.4, -0.2) is 44.2 Å². The molecule has 1 fully saturated rings. The Morgan fingerprint density at radius 1 is 1.00 bits per heavy atom. The van der Waals surface area contributed by atoms with Gasteiger partial charge in [0.15, 0.2) is 0 Å². The van der Waals surface area contributed by atoms with Crippen LogP contribution in [0.4, 0.5) is 5.69 Å². The van der Waals surface area contributed by atoms with Crippen molar-refractivity contribution in [1.29, 1.82) is 0 Å². The second-order valence-electron chi connectivity index (χ2n) is 7.92. The van der Waals surface area contributed by atoms with Crippen LogP contribution in [0.1, 0.15) is 36.5 Å². The number of fused-ring (bicyclic) bond motifs is 1. The molecule has 1 atom stereocenters. The van der Waals surface area contributed by atoms with E-state index in [4.69, 9.17) is 4.74 Å². The number of hydrogen-bond acceptors (Lipinski definition) is 3. The normalized spacial score (nSPS) is 19.1. The molecule has 2 aliphatic rings. The van der Waals surface area contributed by atoms with Gasteiger partial charge >= 0.3 is 0 Å². The zero-order valence-corrected chi connectivity index (χ0v) is 22.0. The summed E-state index contributed by atoms with van der Waals surface area (Å²) in [6.45, 7) is 4.19. The number of piperidine rings is 1. The van der Waals surface area contributed by atoms with Crippen LogP contribution >= 0.6 is 56.7 Å². The quantitative estimate of drug-likeness (QED) is 0.393. The number of halogens is 4. The smallest absolute Gasteiger partial charge is 0.0839 e. The van der Waals surface area contributed by atoms with Gasteiger partial charge in [-0.25, -0.2) is 0 Å². The van der Waals surface area contributed by atoms with Crippen molar-refractivity contribution in [1.82, 2.24) is 4.90 Å². The Morgan fingerprint density at radius 2 is 1.67 bits per heavy atom. The van der Waals surface area contributed by atoms with Crippen molar-refractivity contribution >= 4 is 62.4 Å². The molecule has 0 aliphatic carbocycles. The summed E-state index contributed by atoms with van der Waals surface area (Å²) in [5.41, 5.74) is 4.16. The minimum absolute atomic E-state index is 0. The molecule has 2 aromatic carbocycles. The van der Waals surface area contributed by atoms with Crippen molar-refractivity contribution < 1.29 is 4.74 Å². The molecule has 30 heavy (non-hydrogen) atoms. The highest BCUT2D eigenvalue weighted by molar-refractivity contribution is 9.10. The molecule has 0 amide bonds. The lowest BCUT2D eigenvalue weighted by atomic mass is 9.95. The van der Waals surface area contributed by atoms with E-state index in [1.165, 1.54) is 34.1 Å². The second kappa shape index (κ2) is 12.1. The van der Waals surface area contributed by atoms with Crippen LogP contribution in [0.3, 0.4) is 0 Å². The standard InChI is InChI=1S/C23H28Br2N2O.2ClH/c1-26(12-10-23-22-7-4-19(25)16-17(22)11-15-28-23)20-8-13-27(14-9-20)21-5-2-18(24)3-6-21;;/h2-7,16,20,23H,8-15H2,1H3;2*1H/t23-;;/m0../s1. The highest BCUT2D eigenvalue weighted by Crippen LogP contribution is 2.32. The molecule has 0 aromatic heterocycles. The van der Waals surface area contributed by atoms with Crippen LogP contribution in [0, 0.1) is 0 Å². The lowest BCUT2D eigenvalue weighted by Gasteiger charge is -2.38. The first-order chi connectivity index (χ1) is 13.6. The monoisotopic (exact) mass is 578 g/mol. The molecule has 2 aromatic rings. The van der Waals surface area contributed by atoms with Gasteiger partial charge in [-0.15, -0.1) is 24.8 Å². The maximum absolute atomic E-state index is 6.11. The summed E-state index contributed by atoms with van der Waals surface area (Å²) >= 11 is 7.12. The minimum Gasteiger partial charge on any atom is -0.373 e. The SMILES string of the molecule is CN(CC[C@@H]1OCCc2cc(Br)ccc21)C1CCN(c2ccc(Br)cc2)CC1.Cl.Cl. The van der Waals surface area contributed by atoms with E-state index in [1.54, 1.807) is 0 Å². The van der Waals surface area contributed by atoms with Gasteiger partial charge in [-0.2, -0.15) is 0 Å². The Kier molecular flexibility index (Phi) is 10.4. The molecule has 0 N–H and O–H groups in total. The Balaban J connectivity index is 0.00000160. The fourth-order valence-electron chi connectivity index (χ4n) is 4.46. The van der Waals surface area contributed by atoms with E-state index in [1.807, 2.05) is 0 Å². The van der Waals surface area contributed by atoms with Crippen LogP contribution < -0.4 is 4.90 Å². The summed E-state index contributed by atoms with van der Waals surface area (Å²) in [5.74, 6) is 0. The number of benzene rings is 2. The average Bonchev–Trinajstić information content (AvgIpc) is 2.72. The second-order valence-corrected chi connectivity index (χ2v) is 9.75. The van der Waals surface area contributed by atoms with Gasteiger partial charge in [-0.3, -0.25) is 0 Å². The van der Waals surface area contributed by atoms with Gasteiger partial charge in [0.2, 0.25) is 0 Å². The highest BCUT2D eigenvalue weighted by atomic mass is 79.9. The molecule has 0 saturated carbocycles. The molecular weight excluding hydrogens is 551 g/mol. The van der Waals surface area contributed by atoms with Crippen LogP contribution in [0.5, 0.6) is 0 Å². The summed E-state index contributed by atoms with van der Waals surface area (Å²) in [5, 5.41) is 0. The highest BCUT2D eigenvalue weighted by Gasteiger charge is 2.25. The van der Waals surface area contributed by atoms with Gasteiger partial charge < -0.3 is 14.5 Å². The summed E-state index contributed by atoms with van der Waals surface area (Å²) < 4.78 is 8.42. The van der Waals surface area contributed by atoms with Crippen LogP contribution in [-0.2, 0) is 11.2 Å².